The topological polar surface area (TPSA) is 86.8 Å². The number of hydrogen-bond acceptors (Lipinski definition) is 4. The Labute approximate surface area is 269 Å². The van der Waals surface area contributed by atoms with Crippen molar-refractivity contribution in [3.05, 3.63) is 130 Å². The van der Waals surface area contributed by atoms with Crippen LogP contribution in [0.1, 0.15) is 37.5 Å². The zero-order valence-corrected chi connectivity index (χ0v) is 27.8. The van der Waals surface area contributed by atoms with Gasteiger partial charge >= 0.3 is 0 Å². The smallest absolute Gasteiger partial charge is 0.264 e. The maximum atomic E-state index is 14.5. The minimum Gasteiger partial charge on any atom is -0.350 e. The molecule has 1 atom stereocenters. The van der Waals surface area contributed by atoms with Gasteiger partial charge < -0.3 is 10.2 Å². The molecule has 0 aromatic heterocycles. The highest BCUT2D eigenvalue weighted by atomic mass is 79.9. The predicted molar refractivity (Wildman–Crippen MR) is 179 cm³/mol. The largest absolute Gasteiger partial charge is 0.350 e. The van der Waals surface area contributed by atoms with Crippen molar-refractivity contribution in [2.75, 3.05) is 10.8 Å². The van der Waals surface area contributed by atoms with Crippen molar-refractivity contribution in [2.24, 2.45) is 0 Å². The molecule has 0 spiro atoms. The fourth-order valence-electron chi connectivity index (χ4n) is 4.87. The normalized spacial score (nSPS) is 12.3. The van der Waals surface area contributed by atoms with E-state index in [1.807, 2.05) is 82.3 Å². The predicted octanol–water partition coefficient (Wildman–Crippen LogP) is 6.51. The number of hydrogen-bond donors (Lipinski definition) is 1. The van der Waals surface area contributed by atoms with Crippen LogP contribution in [-0.2, 0) is 32.6 Å². The summed E-state index contributed by atoms with van der Waals surface area (Å²) in [6.45, 7) is 7.25. The average Bonchev–Trinajstić information content (AvgIpc) is 2.98. The molecule has 4 aromatic carbocycles. The van der Waals surface area contributed by atoms with Gasteiger partial charge in [0.05, 0.1) is 10.6 Å². The molecule has 4 rings (SSSR count). The summed E-state index contributed by atoms with van der Waals surface area (Å²) >= 11 is 3.41. The van der Waals surface area contributed by atoms with Gasteiger partial charge in [-0.25, -0.2) is 8.42 Å². The maximum absolute atomic E-state index is 14.5. The summed E-state index contributed by atoms with van der Waals surface area (Å²) in [7, 11) is -4.14. The van der Waals surface area contributed by atoms with Gasteiger partial charge in [0, 0.05) is 23.0 Å². The summed E-state index contributed by atoms with van der Waals surface area (Å²) in [5, 5.41) is 3.05. The van der Waals surface area contributed by atoms with E-state index in [0.717, 1.165) is 25.5 Å². The third-order valence-corrected chi connectivity index (χ3v) is 9.25. The second kappa shape index (κ2) is 14.2. The molecule has 2 amide bonds. The van der Waals surface area contributed by atoms with Crippen LogP contribution in [0, 0.1) is 6.92 Å². The van der Waals surface area contributed by atoms with Gasteiger partial charge in [0.2, 0.25) is 11.8 Å². The van der Waals surface area contributed by atoms with E-state index in [1.54, 1.807) is 42.5 Å². The van der Waals surface area contributed by atoms with Gasteiger partial charge in [-0.15, -0.1) is 0 Å². The monoisotopic (exact) mass is 675 g/mol. The van der Waals surface area contributed by atoms with Crippen LogP contribution in [0.3, 0.4) is 0 Å². The first-order chi connectivity index (χ1) is 20.8. The van der Waals surface area contributed by atoms with Gasteiger partial charge in [0.1, 0.15) is 12.6 Å². The van der Waals surface area contributed by atoms with Crippen LogP contribution < -0.4 is 9.62 Å². The van der Waals surface area contributed by atoms with Gasteiger partial charge in [-0.3, -0.25) is 13.9 Å². The summed E-state index contributed by atoms with van der Waals surface area (Å²) in [5.41, 5.74) is 2.51. The first kappa shape index (κ1) is 33.0. The maximum Gasteiger partial charge on any atom is 0.264 e. The molecule has 0 fully saturated rings. The van der Waals surface area contributed by atoms with Crippen LogP contribution in [0.25, 0.3) is 0 Å². The molecule has 0 saturated heterocycles. The lowest BCUT2D eigenvalue weighted by Crippen LogP contribution is -2.56. The lowest BCUT2D eigenvalue weighted by molar-refractivity contribution is -0.140. The van der Waals surface area contributed by atoms with E-state index in [0.29, 0.717) is 5.69 Å². The van der Waals surface area contributed by atoms with Crippen molar-refractivity contribution in [1.29, 1.82) is 0 Å². The first-order valence-corrected chi connectivity index (χ1v) is 16.6. The summed E-state index contributed by atoms with van der Waals surface area (Å²) < 4.78 is 29.9. The lowest BCUT2D eigenvalue weighted by Gasteiger charge is -2.35. The molecule has 1 N–H and O–H groups in total. The minimum atomic E-state index is -4.14. The second-order valence-corrected chi connectivity index (χ2v) is 14.5. The number of anilines is 1. The molecule has 9 heteroatoms. The SMILES string of the molecule is Cc1cccc(CN(C(=O)CN(c2ccc(Br)cc2)S(=O)(=O)c2ccccc2)C(Cc2ccccc2)C(=O)NC(C)(C)C)c1. The quantitative estimate of drug-likeness (QED) is 0.196. The number of sulfonamides is 1. The van der Waals surface area contributed by atoms with E-state index in [2.05, 4.69) is 21.2 Å². The van der Waals surface area contributed by atoms with Crippen molar-refractivity contribution in [3.63, 3.8) is 0 Å². The fraction of sp³-hybridized carbons (Fsp3) is 0.257. The molecule has 1 unspecified atom stereocenters. The summed E-state index contributed by atoms with van der Waals surface area (Å²) in [4.78, 5) is 30.0. The number of amides is 2. The van der Waals surface area contributed by atoms with E-state index in [1.165, 1.54) is 17.0 Å². The van der Waals surface area contributed by atoms with E-state index in [-0.39, 0.29) is 23.8 Å². The number of carbonyl (C=O) groups excluding carboxylic acids is 2. The molecule has 0 aliphatic heterocycles. The Hall–Kier alpha value is -3.95. The molecule has 0 aliphatic carbocycles. The summed E-state index contributed by atoms with van der Waals surface area (Å²) in [5.74, 6) is -0.817. The Morgan fingerprint density at radius 1 is 0.818 bits per heavy atom. The molecule has 7 nitrogen and oxygen atoms in total. The first-order valence-electron chi connectivity index (χ1n) is 14.4. The molecular formula is C35H38BrN3O4S. The zero-order valence-electron chi connectivity index (χ0n) is 25.4. The van der Waals surface area contributed by atoms with Gasteiger partial charge in [-0.1, -0.05) is 94.3 Å². The van der Waals surface area contributed by atoms with E-state index in [9.17, 15) is 18.0 Å². The van der Waals surface area contributed by atoms with Gasteiger partial charge in [-0.2, -0.15) is 0 Å². The Morgan fingerprint density at radius 3 is 2.00 bits per heavy atom. The van der Waals surface area contributed by atoms with Gasteiger partial charge in [0.15, 0.2) is 0 Å². The fourth-order valence-corrected chi connectivity index (χ4v) is 6.57. The van der Waals surface area contributed by atoms with Crippen molar-refractivity contribution >= 4 is 43.5 Å². The number of aryl methyl sites for hydroxylation is 1. The van der Waals surface area contributed by atoms with Crippen LogP contribution in [0.2, 0.25) is 0 Å². The second-order valence-electron chi connectivity index (χ2n) is 11.8. The molecule has 0 aliphatic rings. The molecule has 0 saturated carbocycles. The zero-order chi connectivity index (χ0) is 31.9. The molecule has 0 heterocycles. The molecular weight excluding hydrogens is 638 g/mol. The Morgan fingerprint density at radius 2 is 1.41 bits per heavy atom. The van der Waals surface area contributed by atoms with Gasteiger partial charge in [0.25, 0.3) is 10.0 Å². The van der Waals surface area contributed by atoms with E-state index < -0.39 is 34.1 Å². The number of nitrogens with one attached hydrogen (secondary N) is 1. The van der Waals surface area contributed by atoms with Crippen LogP contribution in [0.15, 0.2) is 119 Å². The molecule has 0 radical (unpaired) electrons. The van der Waals surface area contributed by atoms with E-state index >= 15 is 0 Å². The molecule has 4 aromatic rings. The van der Waals surface area contributed by atoms with Crippen LogP contribution in [-0.4, -0.2) is 43.3 Å². The Bertz CT molecular complexity index is 1670. The number of benzene rings is 4. The third-order valence-electron chi connectivity index (χ3n) is 6.93. The molecule has 44 heavy (non-hydrogen) atoms. The highest BCUT2D eigenvalue weighted by molar-refractivity contribution is 9.10. The van der Waals surface area contributed by atoms with Crippen molar-refractivity contribution < 1.29 is 18.0 Å². The number of carbonyl (C=O) groups is 2. The van der Waals surface area contributed by atoms with Crippen LogP contribution >= 0.6 is 15.9 Å². The third kappa shape index (κ3) is 8.80. The highest BCUT2D eigenvalue weighted by Gasteiger charge is 2.35. The Kier molecular flexibility index (Phi) is 10.7. The average molecular weight is 677 g/mol. The van der Waals surface area contributed by atoms with Crippen molar-refractivity contribution in [1.82, 2.24) is 10.2 Å². The number of nitrogens with zero attached hydrogens (tertiary/aromatic N) is 2. The highest BCUT2D eigenvalue weighted by Crippen LogP contribution is 2.26. The minimum absolute atomic E-state index is 0.0623. The molecule has 0 bridgehead atoms. The number of rotatable bonds is 11. The van der Waals surface area contributed by atoms with Crippen LogP contribution in [0.5, 0.6) is 0 Å². The molecule has 230 valence electrons. The summed E-state index contributed by atoms with van der Waals surface area (Å²) in [6.07, 6.45) is 0.254. The lowest BCUT2D eigenvalue weighted by atomic mass is 10.0. The van der Waals surface area contributed by atoms with Crippen molar-refractivity contribution in [3.8, 4) is 0 Å². The van der Waals surface area contributed by atoms with Gasteiger partial charge in [-0.05, 0) is 75.2 Å². The standard InChI is InChI=1S/C35H38BrN3O4S/c1-26-12-11-15-28(22-26)24-38(32(34(41)37-35(2,3)4)23-27-13-7-5-8-14-27)33(40)25-39(30-20-18-29(36)19-21-30)44(42,43)31-16-9-6-10-17-31/h5-22,32H,23-25H2,1-4H3,(H,37,41). The van der Waals surface area contributed by atoms with Crippen LogP contribution in [0.4, 0.5) is 5.69 Å². The Balaban J connectivity index is 1.81. The summed E-state index contributed by atoms with van der Waals surface area (Å²) in [6, 6.07) is 31.1. The van der Waals surface area contributed by atoms with E-state index in [4.69, 9.17) is 0 Å². The number of halogens is 1. The van der Waals surface area contributed by atoms with Crippen molar-refractivity contribution in [2.45, 2.75) is 57.1 Å².